The van der Waals surface area contributed by atoms with Crippen LogP contribution in [-0.2, 0) is 13.0 Å². The summed E-state index contributed by atoms with van der Waals surface area (Å²) < 4.78 is 11.1. The van der Waals surface area contributed by atoms with Crippen molar-refractivity contribution in [3.63, 3.8) is 0 Å². The molecule has 1 heterocycles. The van der Waals surface area contributed by atoms with Gasteiger partial charge in [0, 0.05) is 19.6 Å². The maximum absolute atomic E-state index is 12.8. The fraction of sp³-hybridized carbons (Fsp3) is 0.269. The number of hydrogen-bond donors (Lipinski definition) is 1. The Hall–Kier alpha value is -3.02. The van der Waals surface area contributed by atoms with E-state index in [1.54, 1.807) is 26.4 Å². The number of benzene rings is 3. The molecule has 4 rings (SSSR count). The zero-order valence-electron chi connectivity index (χ0n) is 18.3. The van der Waals surface area contributed by atoms with E-state index in [4.69, 9.17) is 21.1 Å². The van der Waals surface area contributed by atoms with Gasteiger partial charge in [0.1, 0.15) is 0 Å². The van der Waals surface area contributed by atoms with Crippen molar-refractivity contribution >= 4 is 17.5 Å². The highest BCUT2D eigenvalue weighted by atomic mass is 35.5. The Balaban J connectivity index is 1.63. The molecule has 0 spiro atoms. The van der Waals surface area contributed by atoms with Crippen LogP contribution in [0.1, 0.15) is 33.1 Å². The minimum absolute atomic E-state index is 0.00907. The summed E-state index contributed by atoms with van der Waals surface area (Å²) >= 11 is 6.23. The van der Waals surface area contributed by atoms with Crippen molar-refractivity contribution in [2.75, 3.05) is 27.3 Å². The molecule has 1 aliphatic heterocycles. The second kappa shape index (κ2) is 10.1. The molecular weight excluding hydrogens is 424 g/mol. The van der Waals surface area contributed by atoms with E-state index < -0.39 is 0 Å². The summed E-state index contributed by atoms with van der Waals surface area (Å²) in [6, 6.07) is 21.6. The first kappa shape index (κ1) is 22.2. The molecule has 0 saturated carbocycles. The second-order valence-corrected chi connectivity index (χ2v) is 8.22. The Morgan fingerprint density at radius 3 is 2.44 bits per heavy atom. The molecule has 1 amide bonds. The molecule has 0 radical (unpaired) electrons. The van der Waals surface area contributed by atoms with Gasteiger partial charge < -0.3 is 14.8 Å². The number of nitrogens with zero attached hydrogens (tertiary/aromatic N) is 1. The smallest absolute Gasteiger partial charge is 0.252 e. The normalized spacial score (nSPS) is 15.7. The Labute approximate surface area is 193 Å². The number of amides is 1. The zero-order chi connectivity index (χ0) is 22.5. The minimum atomic E-state index is -0.178. The Morgan fingerprint density at radius 1 is 1.03 bits per heavy atom. The van der Waals surface area contributed by atoms with Crippen LogP contribution in [0.15, 0.2) is 66.7 Å². The molecule has 5 nitrogen and oxygen atoms in total. The van der Waals surface area contributed by atoms with Gasteiger partial charge in [-0.3, -0.25) is 9.69 Å². The molecule has 0 aromatic heterocycles. The van der Waals surface area contributed by atoms with E-state index in [1.165, 1.54) is 11.1 Å². The minimum Gasteiger partial charge on any atom is -0.493 e. The van der Waals surface area contributed by atoms with Gasteiger partial charge in [-0.1, -0.05) is 54.1 Å². The van der Waals surface area contributed by atoms with Crippen molar-refractivity contribution < 1.29 is 14.3 Å². The van der Waals surface area contributed by atoms with Crippen LogP contribution in [0.5, 0.6) is 11.5 Å². The Bertz CT molecular complexity index is 1090. The molecule has 1 atom stereocenters. The molecule has 32 heavy (non-hydrogen) atoms. The lowest BCUT2D eigenvalue weighted by Gasteiger charge is -2.38. The maximum Gasteiger partial charge on any atom is 0.252 e. The van der Waals surface area contributed by atoms with Gasteiger partial charge in [-0.25, -0.2) is 0 Å². The van der Waals surface area contributed by atoms with E-state index in [0.29, 0.717) is 22.9 Å². The summed E-state index contributed by atoms with van der Waals surface area (Å²) in [5.41, 5.74) is 4.07. The van der Waals surface area contributed by atoms with Gasteiger partial charge in [0.05, 0.1) is 30.8 Å². The van der Waals surface area contributed by atoms with Crippen LogP contribution in [0.3, 0.4) is 0 Å². The van der Waals surface area contributed by atoms with E-state index >= 15 is 0 Å². The molecule has 0 bridgehead atoms. The molecular formula is C26H27ClN2O3. The molecule has 1 N–H and O–H groups in total. The van der Waals surface area contributed by atoms with E-state index in [0.717, 1.165) is 30.8 Å². The number of rotatable bonds is 7. The van der Waals surface area contributed by atoms with E-state index in [1.807, 2.05) is 24.3 Å². The summed E-state index contributed by atoms with van der Waals surface area (Å²) in [4.78, 5) is 15.2. The van der Waals surface area contributed by atoms with Crippen LogP contribution in [0, 0.1) is 0 Å². The number of hydrogen-bond acceptors (Lipinski definition) is 4. The van der Waals surface area contributed by atoms with Crippen LogP contribution in [0.4, 0.5) is 0 Å². The fourth-order valence-corrected chi connectivity index (χ4v) is 4.48. The largest absolute Gasteiger partial charge is 0.493 e. The van der Waals surface area contributed by atoms with Gasteiger partial charge in [0.15, 0.2) is 11.5 Å². The number of methoxy groups -OCH3 is 2. The molecule has 1 aliphatic rings. The summed E-state index contributed by atoms with van der Waals surface area (Å²) in [6.07, 6.45) is 0.900. The molecule has 3 aromatic carbocycles. The fourth-order valence-electron chi connectivity index (χ4n) is 4.26. The lowest BCUT2D eigenvalue weighted by Crippen LogP contribution is -2.41. The van der Waals surface area contributed by atoms with Crippen LogP contribution < -0.4 is 14.8 Å². The summed E-state index contributed by atoms with van der Waals surface area (Å²) in [5.74, 6) is 1.24. The van der Waals surface area contributed by atoms with Crippen molar-refractivity contribution in [1.29, 1.82) is 0 Å². The van der Waals surface area contributed by atoms with Gasteiger partial charge in [-0.15, -0.1) is 0 Å². The Kier molecular flexibility index (Phi) is 6.98. The zero-order valence-corrected chi connectivity index (χ0v) is 19.1. The van der Waals surface area contributed by atoms with Crippen molar-refractivity contribution in [2.45, 2.75) is 19.0 Å². The third kappa shape index (κ3) is 4.74. The summed E-state index contributed by atoms with van der Waals surface area (Å²) in [6.45, 7) is 2.13. The lowest BCUT2D eigenvalue weighted by molar-refractivity contribution is 0.0926. The molecule has 0 unspecified atom stereocenters. The molecule has 0 fully saturated rings. The van der Waals surface area contributed by atoms with Gasteiger partial charge in [0.25, 0.3) is 5.91 Å². The lowest BCUT2D eigenvalue weighted by atomic mass is 9.91. The number of ether oxygens (including phenoxy) is 2. The van der Waals surface area contributed by atoms with E-state index in [2.05, 4.69) is 40.5 Å². The standard InChI is InChI=1S/C26H27ClN2O3/c1-31-24-14-19-12-13-29(17-18-8-4-3-5-9-18)23(21(19)15-25(24)32-2)16-28-26(30)20-10-6-7-11-22(20)27/h3-11,14-15,23H,12-13,16-17H2,1-2H3,(H,28,30)/t23-/m0/s1. The van der Waals surface area contributed by atoms with E-state index in [-0.39, 0.29) is 11.9 Å². The number of halogens is 1. The molecule has 0 aliphatic carbocycles. The van der Waals surface area contributed by atoms with E-state index in [9.17, 15) is 4.79 Å². The molecule has 166 valence electrons. The highest BCUT2D eigenvalue weighted by molar-refractivity contribution is 6.33. The second-order valence-electron chi connectivity index (χ2n) is 7.82. The van der Waals surface area contributed by atoms with Crippen LogP contribution >= 0.6 is 11.6 Å². The van der Waals surface area contributed by atoms with Crippen LogP contribution in [-0.4, -0.2) is 38.1 Å². The van der Waals surface area contributed by atoms with Crippen molar-refractivity contribution in [2.24, 2.45) is 0 Å². The number of carbonyl (C=O) groups is 1. The molecule has 6 heteroatoms. The molecule has 0 saturated heterocycles. The predicted octanol–water partition coefficient (Wildman–Crippen LogP) is 4.89. The summed E-state index contributed by atoms with van der Waals surface area (Å²) in [7, 11) is 3.29. The van der Waals surface area contributed by atoms with Gasteiger partial charge in [0.2, 0.25) is 0 Å². The first-order valence-corrected chi connectivity index (χ1v) is 11.0. The average molecular weight is 451 g/mol. The van der Waals surface area contributed by atoms with Crippen LogP contribution in [0.25, 0.3) is 0 Å². The third-order valence-corrected chi connectivity index (χ3v) is 6.25. The van der Waals surface area contributed by atoms with Crippen molar-refractivity contribution in [1.82, 2.24) is 10.2 Å². The monoisotopic (exact) mass is 450 g/mol. The Morgan fingerprint density at radius 2 is 1.72 bits per heavy atom. The maximum atomic E-state index is 12.8. The first-order chi connectivity index (χ1) is 15.6. The van der Waals surface area contributed by atoms with Crippen molar-refractivity contribution in [3.8, 4) is 11.5 Å². The van der Waals surface area contributed by atoms with Gasteiger partial charge in [-0.05, 0) is 47.4 Å². The third-order valence-electron chi connectivity index (χ3n) is 5.92. The number of nitrogens with one attached hydrogen (secondary N) is 1. The molecule has 3 aromatic rings. The quantitative estimate of drug-likeness (QED) is 0.557. The average Bonchev–Trinajstić information content (AvgIpc) is 2.83. The van der Waals surface area contributed by atoms with Gasteiger partial charge >= 0.3 is 0 Å². The van der Waals surface area contributed by atoms with Gasteiger partial charge in [-0.2, -0.15) is 0 Å². The highest BCUT2D eigenvalue weighted by Crippen LogP contribution is 2.38. The van der Waals surface area contributed by atoms with Crippen molar-refractivity contribution in [3.05, 3.63) is 94.0 Å². The van der Waals surface area contributed by atoms with Crippen LogP contribution in [0.2, 0.25) is 5.02 Å². The highest BCUT2D eigenvalue weighted by Gasteiger charge is 2.29. The number of fused-ring (bicyclic) bond motifs is 1. The topological polar surface area (TPSA) is 50.8 Å². The number of carbonyl (C=O) groups excluding carboxylic acids is 1. The SMILES string of the molecule is COc1cc2c(cc1OC)[C@H](CNC(=O)c1ccccc1Cl)N(Cc1ccccc1)CC2. The first-order valence-electron chi connectivity index (χ1n) is 10.7. The summed E-state index contributed by atoms with van der Waals surface area (Å²) in [5, 5.41) is 3.54. The predicted molar refractivity (Wildman–Crippen MR) is 127 cm³/mol.